The molecule has 0 aromatic heterocycles. The van der Waals surface area contributed by atoms with E-state index in [1.54, 1.807) is 42.3 Å². The van der Waals surface area contributed by atoms with Crippen LogP contribution in [0.2, 0.25) is 0 Å². The summed E-state index contributed by atoms with van der Waals surface area (Å²) < 4.78 is 33.0. The molecule has 1 amide bonds. The maximum atomic E-state index is 13.2. The topological polar surface area (TPSA) is 70.2 Å². The van der Waals surface area contributed by atoms with Crippen LogP contribution < -0.4 is 9.64 Å². The number of hydrogen-bond acceptors (Lipinski definition) is 5. The maximum absolute atomic E-state index is 13.2. The molecular formula is C22H27N3O4S. The van der Waals surface area contributed by atoms with Gasteiger partial charge < -0.3 is 14.5 Å². The fourth-order valence-electron chi connectivity index (χ4n) is 4.27. The SMILES string of the molecule is COc1ccccc1N1CCN(C(=O)C2CCCN2S(=O)(=O)c2ccccc2)CC1. The average molecular weight is 430 g/mol. The van der Waals surface area contributed by atoms with Crippen LogP contribution in [-0.2, 0) is 14.8 Å². The second-order valence-corrected chi connectivity index (χ2v) is 9.46. The first kappa shape index (κ1) is 20.7. The van der Waals surface area contributed by atoms with Crippen LogP contribution in [0.15, 0.2) is 59.5 Å². The third-order valence-electron chi connectivity index (χ3n) is 5.86. The second kappa shape index (κ2) is 8.65. The van der Waals surface area contributed by atoms with Gasteiger partial charge in [0, 0.05) is 32.7 Å². The molecule has 1 unspecified atom stereocenters. The molecule has 7 nitrogen and oxygen atoms in total. The van der Waals surface area contributed by atoms with Crippen molar-refractivity contribution in [3.63, 3.8) is 0 Å². The normalized spacial score (nSPS) is 20.4. The number of carbonyl (C=O) groups excluding carboxylic acids is 1. The summed E-state index contributed by atoms with van der Waals surface area (Å²) in [5, 5.41) is 0. The first-order valence-corrected chi connectivity index (χ1v) is 11.7. The van der Waals surface area contributed by atoms with Gasteiger partial charge in [0.2, 0.25) is 15.9 Å². The second-order valence-electron chi connectivity index (χ2n) is 7.57. The van der Waals surface area contributed by atoms with Gasteiger partial charge in [-0.2, -0.15) is 4.31 Å². The van der Waals surface area contributed by atoms with Gasteiger partial charge in [-0.15, -0.1) is 0 Å². The summed E-state index contributed by atoms with van der Waals surface area (Å²) in [6.07, 6.45) is 1.27. The smallest absolute Gasteiger partial charge is 0.243 e. The number of nitrogens with zero attached hydrogens (tertiary/aromatic N) is 3. The number of amides is 1. The number of anilines is 1. The van der Waals surface area contributed by atoms with Crippen molar-refractivity contribution in [1.82, 2.24) is 9.21 Å². The standard InChI is InChI=1S/C22H27N3O4S/c1-29-21-12-6-5-10-19(21)23-14-16-24(17-15-23)22(26)20-11-7-13-25(20)30(27,28)18-8-3-2-4-9-18/h2-6,8-10,12,20H,7,11,13-17H2,1H3. The summed E-state index contributed by atoms with van der Waals surface area (Å²) >= 11 is 0. The van der Waals surface area contributed by atoms with Crippen molar-refractivity contribution in [2.45, 2.75) is 23.8 Å². The minimum Gasteiger partial charge on any atom is -0.495 e. The lowest BCUT2D eigenvalue weighted by atomic mass is 10.1. The molecule has 0 spiro atoms. The van der Waals surface area contributed by atoms with Crippen LogP contribution in [0.1, 0.15) is 12.8 Å². The molecule has 0 aliphatic carbocycles. The molecule has 2 aliphatic rings. The monoisotopic (exact) mass is 429 g/mol. The third-order valence-corrected chi connectivity index (χ3v) is 7.78. The van der Waals surface area contributed by atoms with Gasteiger partial charge in [0.05, 0.1) is 17.7 Å². The van der Waals surface area contributed by atoms with Crippen molar-refractivity contribution >= 4 is 21.6 Å². The Labute approximate surface area is 177 Å². The number of hydrogen-bond donors (Lipinski definition) is 0. The van der Waals surface area contributed by atoms with E-state index >= 15 is 0 Å². The van der Waals surface area contributed by atoms with Crippen LogP contribution in [-0.4, -0.2) is 69.4 Å². The quantitative estimate of drug-likeness (QED) is 0.729. The number of ether oxygens (including phenoxy) is 1. The van der Waals surface area contributed by atoms with Gasteiger partial charge in [-0.05, 0) is 37.1 Å². The van der Waals surface area contributed by atoms with E-state index in [1.165, 1.54) is 4.31 Å². The van der Waals surface area contributed by atoms with Crippen molar-refractivity contribution in [2.75, 3.05) is 44.7 Å². The first-order valence-electron chi connectivity index (χ1n) is 10.3. The van der Waals surface area contributed by atoms with Gasteiger partial charge in [-0.1, -0.05) is 30.3 Å². The minimum absolute atomic E-state index is 0.0910. The van der Waals surface area contributed by atoms with Gasteiger partial charge in [0.25, 0.3) is 0 Å². The highest BCUT2D eigenvalue weighted by atomic mass is 32.2. The van der Waals surface area contributed by atoms with Crippen molar-refractivity contribution < 1.29 is 17.9 Å². The van der Waals surface area contributed by atoms with Gasteiger partial charge in [-0.25, -0.2) is 8.42 Å². The predicted octanol–water partition coefficient (Wildman–Crippen LogP) is 2.20. The van der Waals surface area contributed by atoms with Crippen molar-refractivity contribution in [3.8, 4) is 5.75 Å². The highest BCUT2D eigenvalue weighted by Gasteiger charge is 2.41. The molecule has 2 saturated heterocycles. The summed E-state index contributed by atoms with van der Waals surface area (Å²) in [7, 11) is -2.02. The van der Waals surface area contributed by atoms with Crippen LogP contribution >= 0.6 is 0 Å². The Morgan fingerprint density at radius 2 is 1.60 bits per heavy atom. The van der Waals surface area contributed by atoms with E-state index < -0.39 is 16.1 Å². The number of rotatable bonds is 5. The minimum atomic E-state index is -3.68. The summed E-state index contributed by atoms with van der Waals surface area (Å²) in [6, 6.07) is 15.6. The maximum Gasteiger partial charge on any atom is 0.243 e. The molecular weight excluding hydrogens is 402 g/mol. The van der Waals surface area contributed by atoms with E-state index in [4.69, 9.17) is 4.74 Å². The molecule has 160 valence electrons. The Hall–Kier alpha value is -2.58. The van der Waals surface area contributed by atoms with E-state index in [-0.39, 0.29) is 10.8 Å². The zero-order valence-corrected chi connectivity index (χ0v) is 17.9. The Kier molecular flexibility index (Phi) is 5.97. The number of benzene rings is 2. The molecule has 1 atom stereocenters. The molecule has 2 fully saturated rings. The van der Waals surface area contributed by atoms with Crippen molar-refractivity contribution in [1.29, 1.82) is 0 Å². The lowest BCUT2D eigenvalue weighted by molar-refractivity contribution is -0.134. The summed E-state index contributed by atoms with van der Waals surface area (Å²) in [5.41, 5.74) is 1.02. The molecule has 2 aliphatic heterocycles. The number of sulfonamides is 1. The molecule has 4 rings (SSSR count). The fourth-order valence-corrected chi connectivity index (χ4v) is 5.94. The summed E-state index contributed by atoms with van der Waals surface area (Å²) in [6.45, 7) is 2.88. The number of methoxy groups -OCH3 is 1. The molecule has 30 heavy (non-hydrogen) atoms. The van der Waals surface area contributed by atoms with Gasteiger partial charge in [0.1, 0.15) is 11.8 Å². The third kappa shape index (κ3) is 3.89. The van der Waals surface area contributed by atoms with Crippen LogP contribution in [0.3, 0.4) is 0 Å². The van der Waals surface area contributed by atoms with Gasteiger partial charge in [-0.3, -0.25) is 4.79 Å². The van der Waals surface area contributed by atoms with E-state index in [0.29, 0.717) is 45.6 Å². The van der Waals surface area contributed by atoms with E-state index in [1.807, 2.05) is 24.3 Å². The average Bonchev–Trinajstić information content (AvgIpc) is 3.30. The Balaban J connectivity index is 1.45. The molecule has 0 bridgehead atoms. The van der Waals surface area contributed by atoms with Gasteiger partial charge >= 0.3 is 0 Å². The van der Waals surface area contributed by atoms with Crippen LogP contribution in [0.25, 0.3) is 0 Å². The number of piperazine rings is 1. The predicted molar refractivity (Wildman–Crippen MR) is 115 cm³/mol. The zero-order chi connectivity index (χ0) is 21.1. The molecule has 0 radical (unpaired) electrons. The molecule has 0 saturated carbocycles. The molecule has 8 heteroatoms. The summed E-state index contributed by atoms with van der Waals surface area (Å²) in [5.74, 6) is 0.722. The van der Waals surface area contributed by atoms with Gasteiger partial charge in [0.15, 0.2) is 0 Å². The van der Waals surface area contributed by atoms with Crippen LogP contribution in [0.5, 0.6) is 5.75 Å². The highest BCUT2D eigenvalue weighted by molar-refractivity contribution is 7.89. The molecule has 2 aromatic rings. The Bertz CT molecular complexity index is 988. The van der Waals surface area contributed by atoms with Crippen LogP contribution in [0.4, 0.5) is 5.69 Å². The number of para-hydroxylation sites is 2. The lowest BCUT2D eigenvalue weighted by Gasteiger charge is -2.38. The van der Waals surface area contributed by atoms with Crippen molar-refractivity contribution in [2.24, 2.45) is 0 Å². The number of carbonyl (C=O) groups is 1. The van der Waals surface area contributed by atoms with Crippen LogP contribution in [0, 0.1) is 0 Å². The first-order chi connectivity index (χ1) is 14.5. The zero-order valence-electron chi connectivity index (χ0n) is 17.1. The van der Waals surface area contributed by atoms with E-state index in [2.05, 4.69) is 4.90 Å². The highest BCUT2D eigenvalue weighted by Crippen LogP contribution is 2.30. The molecule has 0 N–H and O–H groups in total. The largest absolute Gasteiger partial charge is 0.495 e. The Morgan fingerprint density at radius 3 is 2.30 bits per heavy atom. The van der Waals surface area contributed by atoms with E-state index in [0.717, 1.165) is 11.4 Å². The van der Waals surface area contributed by atoms with Crippen molar-refractivity contribution in [3.05, 3.63) is 54.6 Å². The lowest BCUT2D eigenvalue weighted by Crippen LogP contribution is -2.54. The molecule has 2 heterocycles. The summed E-state index contributed by atoms with van der Waals surface area (Å²) in [4.78, 5) is 17.5. The molecule has 2 aromatic carbocycles. The fraction of sp³-hybridized carbons (Fsp3) is 0.409. The van der Waals surface area contributed by atoms with E-state index in [9.17, 15) is 13.2 Å². The Morgan fingerprint density at radius 1 is 0.933 bits per heavy atom.